The largest absolute Gasteiger partial charge is 0.497 e. The van der Waals surface area contributed by atoms with Crippen LogP contribution in [0.3, 0.4) is 0 Å². The van der Waals surface area contributed by atoms with Crippen molar-refractivity contribution < 1.29 is 13.9 Å². The minimum atomic E-state index is -0.0461. The van der Waals surface area contributed by atoms with Crippen molar-refractivity contribution in [3.8, 4) is 22.8 Å². The van der Waals surface area contributed by atoms with Gasteiger partial charge in [-0.1, -0.05) is 15.9 Å². The molecule has 1 aromatic heterocycles. The van der Waals surface area contributed by atoms with E-state index in [1.165, 1.54) is 0 Å². The molecule has 0 radical (unpaired) electrons. The van der Waals surface area contributed by atoms with Crippen LogP contribution in [0.4, 0.5) is 0 Å². The van der Waals surface area contributed by atoms with Crippen LogP contribution in [-0.4, -0.2) is 19.0 Å². The number of alkyl halides is 1. The lowest BCUT2D eigenvalue weighted by molar-refractivity contribution is 0.310. The third-order valence-corrected chi connectivity index (χ3v) is 4.80. The molecule has 0 amide bonds. The highest BCUT2D eigenvalue weighted by Crippen LogP contribution is 2.28. The molecule has 0 atom stereocenters. The van der Waals surface area contributed by atoms with Crippen LogP contribution in [0.15, 0.2) is 51.7 Å². The summed E-state index contributed by atoms with van der Waals surface area (Å²) in [6, 6.07) is 12.9. The first-order chi connectivity index (χ1) is 12.6. The zero-order chi connectivity index (χ0) is 18.5. The van der Waals surface area contributed by atoms with Gasteiger partial charge in [-0.25, -0.2) is 0 Å². The van der Waals surface area contributed by atoms with Crippen LogP contribution in [0.2, 0.25) is 0 Å². The van der Waals surface area contributed by atoms with Crippen molar-refractivity contribution >= 4 is 26.9 Å². The summed E-state index contributed by atoms with van der Waals surface area (Å²) >= 11 is 3.41. The minimum absolute atomic E-state index is 0.0461. The lowest BCUT2D eigenvalue weighted by Crippen LogP contribution is -2.07. The van der Waals surface area contributed by atoms with E-state index in [2.05, 4.69) is 15.9 Å². The van der Waals surface area contributed by atoms with E-state index in [0.29, 0.717) is 34.6 Å². The molecule has 136 valence electrons. The smallest absolute Gasteiger partial charge is 0.196 e. The topological polar surface area (TPSA) is 48.7 Å². The van der Waals surface area contributed by atoms with Crippen molar-refractivity contribution in [2.45, 2.75) is 19.8 Å². The number of rotatable bonds is 7. The predicted molar refractivity (Wildman–Crippen MR) is 108 cm³/mol. The van der Waals surface area contributed by atoms with Crippen molar-refractivity contribution in [2.24, 2.45) is 0 Å². The number of ether oxygens (including phenoxy) is 2. The van der Waals surface area contributed by atoms with Crippen molar-refractivity contribution in [1.29, 1.82) is 0 Å². The molecule has 26 heavy (non-hydrogen) atoms. The van der Waals surface area contributed by atoms with Crippen molar-refractivity contribution in [2.75, 3.05) is 19.0 Å². The van der Waals surface area contributed by atoms with Gasteiger partial charge in [0.05, 0.1) is 19.1 Å². The first-order valence-corrected chi connectivity index (χ1v) is 9.67. The number of fused-ring (bicyclic) bond motifs is 1. The Bertz CT molecular complexity index is 945. The van der Waals surface area contributed by atoms with Crippen LogP contribution in [-0.2, 0) is 0 Å². The number of hydrogen-bond acceptors (Lipinski definition) is 4. The van der Waals surface area contributed by atoms with Gasteiger partial charge in [-0.3, -0.25) is 4.79 Å². The fourth-order valence-corrected chi connectivity index (χ4v) is 3.16. The molecule has 0 saturated heterocycles. The van der Waals surface area contributed by atoms with E-state index in [1.54, 1.807) is 32.2 Å². The molecule has 0 N–H and O–H groups in total. The van der Waals surface area contributed by atoms with Crippen LogP contribution in [0, 0.1) is 6.92 Å². The molecule has 2 aromatic carbocycles. The van der Waals surface area contributed by atoms with Crippen LogP contribution in [0.5, 0.6) is 11.5 Å². The van der Waals surface area contributed by atoms with Gasteiger partial charge in [0.25, 0.3) is 0 Å². The van der Waals surface area contributed by atoms with E-state index in [-0.39, 0.29) is 5.43 Å². The average Bonchev–Trinajstić information content (AvgIpc) is 2.68. The second kappa shape index (κ2) is 8.41. The van der Waals surface area contributed by atoms with Gasteiger partial charge in [0.15, 0.2) is 5.43 Å². The van der Waals surface area contributed by atoms with Gasteiger partial charge in [0, 0.05) is 16.5 Å². The van der Waals surface area contributed by atoms with Crippen LogP contribution >= 0.6 is 15.9 Å². The second-order valence-electron chi connectivity index (χ2n) is 6.02. The first kappa shape index (κ1) is 18.5. The summed E-state index contributed by atoms with van der Waals surface area (Å²) in [5.74, 6) is 2.03. The molecule has 0 fully saturated rings. The van der Waals surface area contributed by atoms with E-state index in [1.807, 2.05) is 24.3 Å². The highest BCUT2D eigenvalue weighted by Gasteiger charge is 2.13. The van der Waals surface area contributed by atoms with Crippen molar-refractivity contribution in [3.63, 3.8) is 0 Å². The fourth-order valence-electron chi connectivity index (χ4n) is 2.76. The van der Waals surface area contributed by atoms with Gasteiger partial charge in [-0.05, 0) is 62.2 Å². The Kier molecular flexibility index (Phi) is 5.99. The van der Waals surface area contributed by atoms with Gasteiger partial charge in [0.2, 0.25) is 0 Å². The Morgan fingerprint density at radius 3 is 2.46 bits per heavy atom. The van der Waals surface area contributed by atoms with E-state index in [0.717, 1.165) is 29.5 Å². The van der Waals surface area contributed by atoms with Crippen LogP contribution < -0.4 is 14.9 Å². The summed E-state index contributed by atoms with van der Waals surface area (Å²) in [4.78, 5) is 12.7. The molecule has 3 aromatic rings. The molecule has 0 spiro atoms. The number of methoxy groups -OCH3 is 1. The monoisotopic (exact) mass is 416 g/mol. The normalized spacial score (nSPS) is 10.9. The van der Waals surface area contributed by atoms with E-state index in [9.17, 15) is 4.79 Å². The Morgan fingerprint density at radius 1 is 1.04 bits per heavy atom. The minimum Gasteiger partial charge on any atom is -0.497 e. The van der Waals surface area contributed by atoms with E-state index < -0.39 is 0 Å². The molecule has 0 aliphatic rings. The van der Waals surface area contributed by atoms with Gasteiger partial charge in [-0.2, -0.15) is 0 Å². The summed E-state index contributed by atoms with van der Waals surface area (Å²) in [5, 5.41) is 1.51. The summed E-state index contributed by atoms with van der Waals surface area (Å²) in [5.41, 5.74) is 1.93. The Labute approximate surface area is 160 Å². The third kappa shape index (κ3) is 3.93. The molecular weight excluding hydrogens is 396 g/mol. The summed E-state index contributed by atoms with van der Waals surface area (Å²) in [7, 11) is 1.58. The number of unbranched alkanes of at least 4 members (excludes halogenated alkanes) is 1. The summed E-state index contributed by atoms with van der Waals surface area (Å²) < 4.78 is 16.9. The zero-order valence-corrected chi connectivity index (χ0v) is 16.5. The van der Waals surface area contributed by atoms with Crippen molar-refractivity contribution in [3.05, 3.63) is 58.3 Å². The lowest BCUT2D eigenvalue weighted by Gasteiger charge is -2.10. The highest BCUT2D eigenvalue weighted by molar-refractivity contribution is 9.09. The van der Waals surface area contributed by atoms with E-state index in [4.69, 9.17) is 13.9 Å². The predicted octanol–water partition coefficient (Wildman–Crippen LogP) is 5.33. The maximum Gasteiger partial charge on any atom is 0.196 e. The Morgan fingerprint density at radius 2 is 1.77 bits per heavy atom. The maximum atomic E-state index is 12.7. The molecule has 0 saturated carbocycles. The summed E-state index contributed by atoms with van der Waals surface area (Å²) in [6.07, 6.45) is 2.10. The summed E-state index contributed by atoms with van der Waals surface area (Å²) in [6.45, 7) is 2.47. The SMILES string of the molecule is COc1ccc2oc(-c3ccc(OCCCCBr)cc3)c(C)c(=O)c2c1. The second-order valence-corrected chi connectivity index (χ2v) is 6.81. The maximum absolute atomic E-state index is 12.7. The molecule has 3 rings (SSSR count). The molecule has 0 unspecified atom stereocenters. The van der Waals surface area contributed by atoms with Gasteiger partial charge in [0.1, 0.15) is 22.8 Å². The molecule has 4 nitrogen and oxygen atoms in total. The quantitative estimate of drug-likeness (QED) is 0.385. The molecule has 0 aliphatic carbocycles. The number of benzene rings is 2. The molecular formula is C21H21BrO4. The number of hydrogen-bond donors (Lipinski definition) is 0. The molecule has 5 heteroatoms. The Balaban J connectivity index is 1.90. The van der Waals surface area contributed by atoms with E-state index >= 15 is 0 Å². The average molecular weight is 417 g/mol. The Hall–Kier alpha value is -2.27. The fraction of sp³-hybridized carbons (Fsp3) is 0.286. The molecule has 1 heterocycles. The zero-order valence-electron chi connectivity index (χ0n) is 14.9. The highest BCUT2D eigenvalue weighted by atomic mass is 79.9. The van der Waals surface area contributed by atoms with Crippen molar-refractivity contribution in [1.82, 2.24) is 0 Å². The molecule has 0 aliphatic heterocycles. The standard InChI is InChI=1S/C21H21BrO4/c1-14-20(23)18-13-17(24-2)9-10-19(18)26-21(14)15-5-7-16(8-6-15)25-12-4-3-11-22/h5-10,13H,3-4,11-12H2,1-2H3. The van der Waals surface area contributed by atoms with Gasteiger partial charge >= 0.3 is 0 Å². The van der Waals surface area contributed by atoms with Crippen LogP contribution in [0.1, 0.15) is 18.4 Å². The molecule has 0 bridgehead atoms. The number of halogens is 1. The van der Waals surface area contributed by atoms with Crippen LogP contribution in [0.25, 0.3) is 22.3 Å². The third-order valence-electron chi connectivity index (χ3n) is 4.24. The van der Waals surface area contributed by atoms with Gasteiger partial charge in [-0.15, -0.1) is 0 Å². The lowest BCUT2D eigenvalue weighted by atomic mass is 10.1. The first-order valence-electron chi connectivity index (χ1n) is 8.54. The van der Waals surface area contributed by atoms with Gasteiger partial charge < -0.3 is 13.9 Å².